The van der Waals surface area contributed by atoms with Crippen molar-refractivity contribution in [1.29, 1.82) is 0 Å². The van der Waals surface area contributed by atoms with Crippen LogP contribution < -0.4 is 5.32 Å². The van der Waals surface area contributed by atoms with Crippen molar-refractivity contribution >= 4 is 5.91 Å². The zero-order chi connectivity index (χ0) is 15.1. The number of halogens is 1. The van der Waals surface area contributed by atoms with E-state index in [9.17, 15) is 9.18 Å². The lowest BCUT2D eigenvalue weighted by Crippen LogP contribution is -2.20. The molecule has 1 amide bonds. The molecule has 0 saturated carbocycles. The summed E-state index contributed by atoms with van der Waals surface area (Å²) in [5, 5.41) is 9.44. The van der Waals surface area contributed by atoms with Crippen LogP contribution in [0.1, 0.15) is 12.7 Å². The first-order valence-electron chi connectivity index (χ1n) is 6.43. The third-order valence-corrected chi connectivity index (χ3v) is 2.62. The molecule has 0 radical (unpaired) electrons. The van der Waals surface area contributed by atoms with Gasteiger partial charge in [-0.2, -0.15) is 5.10 Å². The molecular formula is C15H15FN4O. The summed E-state index contributed by atoms with van der Waals surface area (Å²) in [6, 6.07) is 5.89. The van der Waals surface area contributed by atoms with Crippen LogP contribution in [0.3, 0.4) is 0 Å². The predicted molar refractivity (Wildman–Crippen MR) is 77.6 cm³/mol. The van der Waals surface area contributed by atoms with Crippen molar-refractivity contribution in [2.24, 2.45) is 0 Å². The molecule has 2 N–H and O–H groups in total. The zero-order valence-electron chi connectivity index (χ0n) is 11.5. The summed E-state index contributed by atoms with van der Waals surface area (Å²) in [6.07, 6.45) is 6.67. The molecule has 0 saturated heterocycles. The first kappa shape index (κ1) is 14.6. The predicted octanol–water partition coefficient (Wildman–Crippen LogP) is 2.36. The second kappa shape index (κ2) is 7.14. The van der Waals surface area contributed by atoms with E-state index in [2.05, 4.69) is 20.5 Å². The summed E-state index contributed by atoms with van der Waals surface area (Å²) in [6.45, 7) is 2.11. The number of amides is 1. The lowest BCUT2D eigenvalue weighted by atomic mass is 10.2. The molecule has 0 bridgehead atoms. The van der Waals surface area contributed by atoms with E-state index in [0.717, 1.165) is 0 Å². The third-order valence-electron chi connectivity index (χ3n) is 2.62. The molecule has 1 aromatic heterocycles. The number of benzene rings is 1. The number of aromatic nitrogens is 3. The molecule has 108 valence electrons. The van der Waals surface area contributed by atoms with E-state index in [4.69, 9.17) is 0 Å². The van der Waals surface area contributed by atoms with Crippen molar-refractivity contribution in [3.63, 3.8) is 0 Å². The highest BCUT2D eigenvalue weighted by Gasteiger charge is 2.06. The van der Waals surface area contributed by atoms with Crippen molar-refractivity contribution in [3.8, 4) is 11.4 Å². The fourth-order valence-corrected chi connectivity index (χ4v) is 1.59. The van der Waals surface area contributed by atoms with E-state index in [-0.39, 0.29) is 18.3 Å². The van der Waals surface area contributed by atoms with Crippen molar-refractivity contribution in [2.75, 3.05) is 0 Å². The molecule has 0 aliphatic heterocycles. The molecule has 21 heavy (non-hydrogen) atoms. The van der Waals surface area contributed by atoms with Gasteiger partial charge in [-0.15, -0.1) is 0 Å². The number of H-pyrrole nitrogens is 1. The molecule has 0 unspecified atom stereocenters. The Morgan fingerprint density at radius 3 is 2.81 bits per heavy atom. The zero-order valence-corrected chi connectivity index (χ0v) is 11.5. The first-order chi connectivity index (χ1) is 10.2. The normalized spacial score (nSPS) is 11.3. The standard InChI is InChI=1S/C15H15FN4O/c1-2-3-4-5-14(21)17-10-13-18-15(20-19-13)11-6-8-12(16)9-7-11/h2-9H,10H2,1H3,(H,17,21)(H,18,19,20)/b3-2+,5-4+. The molecule has 0 atom stereocenters. The summed E-state index contributed by atoms with van der Waals surface area (Å²) in [4.78, 5) is 15.7. The molecule has 0 aliphatic rings. The van der Waals surface area contributed by atoms with E-state index in [1.54, 1.807) is 24.3 Å². The van der Waals surface area contributed by atoms with Crippen molar-refractivity contribution in [2.45, 2.75) is 13.5 Å². The van der Waals surface area contributed by atoms with Gasteiger partial charge in [0.2, 0.25) is 5.91 Å². The van der Waals surface area contributed by atoms with E-state index in [1.807, 2.05) is 13.0 Å². The molecule has 0 aliphatic carbocycles. The van der Waals surface area contributed by atoms with Crippen LogP contribution in [0.15, 0.2) is 48.6 Å². The van der Waals surface area contributed by atoms with Crippen LogP contribution in [0.4, 0.5) is 4.39 Å². The maximum Gasteiger partial charge on any atom is 0.244 e. The summed E-state index contributed by atoms with van der Waals surface area (Å²) < 4.78 is 12.8. The van der Waals surface area contributed by atoms with Crippen molar-refractivity contribution in [3.05, 3.63) is 60.2 Å². The lowest BCUT2D eigenvalue weighted by molar-refractivity contribution is -0.116. The monoisotopic (exact) mass is 286 g/mol. The Labute approximate surface area is 121 Å². The molecule has 2 aromatic rings. The number of hydrogen-bond donors (Lipinski definition) is 2. The fourth-order valence-electron chi connectivity index (χ4n) is 1.59. The summed E-state index contributed by atoms with van der Waals surface area (Å²) in [5.74, 6) is 0.466. The van der Waals surface area contributed by atoms with E-state index in [1.165, 1.54) is 18.2 Å². The Kier molecular flexibility index (Phi) is 4.98. The minimum atomic E-state index is -0.310. The maximum absolute atomic E-state index is 12.8. The average Bonchev–Trinajstić information content (AvgIpc) is 2.95. The highest BCUT2D eigenvalue weighted by atomic mass is 19.1. The van der Waals surface area contributed by atoms with Gasteiger partial charge in [0.1, 0.15) is 11.6 Å². The molecule has 6 heteroatoms. The van der Waals surface area contributed by atoms with Gasteiger partial charge in [0.15, 0.2) is 5.82 Å². The second-order valence-corrected chi connectivity index (χ2v) is 4.22. The highest BCUT2D eigenvalue weighted by Crippen LogP contribution is 2.14. The van der Waals surface area contributed by atoms with Gasteiger partial charge in [-0.25, -0.2) is 9.37 Å². The summed E-state index contributed by atoms with van der Waals surface area (Å²) in [7, 11) is 0. The lowest BCUT2D eigenvalue weighted by Gasteiger charge is -1.97. The van der Waals surface area contributed by atoms with E-state index in [0.29, 0.717) is 17.2 Å². The Hall–Kier alpha value is -2.76. The Morgan fingerprint density at radius 2 is 2.10 bits per heavy atom. The largest absolute Gasteiger partial charge is 0.345 e. The highest BCUT2D eigenvalue weighted by molar-refractivity contribution is 5.87. The van der Waals surface area contributed by atoms with E-state index >= 15 is 0 Å². The number of nitrogens with one attached hydrogen (secondary N) is 2. The van der Waals surface area contributed by atoms with Crippen LogP contribution in [-0.2, 0) is 11.3 Å². The van der Waals surface area contributed by atoms with Gasteiger partial charge in [-0.3, -0.25) is 9.89 Å². The van der Waals surface area contributed by atoms with Gasteiger partial charge in [-0.05, 0) is 31.2 Å². The Balaban J connectivity index is 1.94. The maximum atomic E-state index is 12.8. The quantitative estimate of drug-likeness (QED) is 0.654. The smallest absolute Gasteiger partial charge is 0.244 e. The van der Waals surface area contributed by atoms with Crippen LogP contribution in [0.5, 0.6) is 0 Å². The number of nitrogens with zero attached hydrogens (tertiary/aromatic N) is 2. The number of allylic oxidation sites excluding steroid dienone is 3. The fraction of sp³-hybridized carbons (Fsp3) is 0.133. The van der Waals surface area contributed by atoms with Gasteiger partial charge < -0.3 is 5.32 Å². The molecule has 0 spiro atoms. The third kappa shape index (κ3) is 4.38. The minimum absolute atomic E-state index is 0.215. The summed E-state index contributed by atoms with van der Waals surface area (Å²) >= 11 is 0. The van der Waals surface area contributed by atoms with Gasteiger partial charge in [-0.1, -0.05) is 18.2 Å². The van der Waals surface area contributed by atoms with Crippen LogP contribution in [0, 0.1) is 5.82 Å². The molecular weight excluding hydrogens is 271 g/mol. The number of carbonyl (C=O) groups excluding carboxylic acids is 1. The topological polar surface area (TPSA) is 70.7 Å². The number of rotatable bonds is 5. The van der Waals surface area contributed by atoms with Gasteiger partial charge in [0, 0.05) is 11.6 Å². The molecule has 2 rings (SSSR count). The Morgan fingerprint density at radius 1 is 1.33 bits per heavy atom. The SMILES string of the molecule is C/C=C/C=C/C(=O)NCc1nc(-c2ccc(F)cc2)n[nH]1. The summed E-state index contributed by atoms with van der Waals surface area (Å²) in [5.41, 5.74) is 0.707. The Bertz CT molecular complexity index is 659. The number of aromatic amines is 1. The average molecular weight is 286 g/mol. The number of hydrogen-bond acceptors (Lipinski definition) is 3. The van der Waals surface area contributed by atoms with Crippen LogP contribution >= 0.6 is 0 Å². The molecule has 1 heterocycles. The van der Waals surface area contributed by atoms with Gasteiger partial charge in [0.05, 0.1) is 6.54 Å². The van der Waals surface area contributed by atoms with E-state index < -0.39 is 0 Å². The molecule has 1 aromatic carbocycles. The van der Waals surface area contributed by atoms with Crippen LogP contribution in [0.2, 0.25) is 0 Å². The first-order valence-corrected chi connectivity index (χ1v) is 6.43. The van der Waals surface area contributed by atoms with Crippen LogP contribution in [-0.4, -0.2) is 21.1 Å². The molecule has 5 nitrogen and oxygen atoms in total. The van der Waals surface area contributed by atoms with Gasteiger partial charge >= 0.3 is 0 Å². The van der Waals surface area contributed by atoms with Crippen LogP contribution in [0.25, 0.3) is 11.4 Å². The second-order valence-electron chi connectivity index (χ2n) is 4.22. The van der Waals surface area contributed by atoms with Crippen molar-refractivity contribution < 1.29 is 9.18 Å². The molecule has 0 fully saturated rings. The van der Waals surface area contributed by atoms with Gasteiger partial charge in [0.25, 0.3) is 0 Å². The number of carbonyl (C=O) groups is 1. The van der Waals surface area contributed by atoms with Crippen molar-refractivity contribution in [1.82, 2.24) is 20.5 Å². The minimum Gasteiger partial charge on any atom is -0.345 e.